The third-order valence-electron chi connectivity index (χ3n) is 12.2. The van der Waals surface area contributed by atoms with Crippen LogP contribution in [0.25, 0.3) is 0 Å². The largest absolute Gasteiger partial charge is 0.396 e. The number of carbonyl (C=O) groups is 7. The maximum Gasteiger partial charge on any atom is 0.222 e. The number of hydrogen-bond acceptors (Lipinski definition) is 14. The number of aliphatic hydroxyl groups excluding tert-OH is 3. The SMILES string of the molecule is C[C@@H]1C[C@@H](O)CN1C(=O)CCCCCCCCC(=O)NC(COCCC(=O)CCCCN)(COCCC(=O)CCCCCC(=O)CCCCO)COCCC(=O)NCCCCC(=O)CCCCO. The summed E-state index contributed by atoms with van der Waals surface area (Å²) in [5, 5.41) is 33.7. The van der Waals surface area contributed by atoms with Crippen LogP contribution in [-0.4, -0.2) is 151 Å². The third kappa shape index (κ3) is 34.2. The number of aliphatic hydroxyl groups is 3. The summed E-state index contributed by atoms with van der Waals surface area (Å²) in [5.41, 5.74) is 4.39. The van der Waals surface area contributed by atoms with Crippen LogP contribution in [0.5, 0.6) is 0 Å². The number of nitrogens with zero attached hydrogens (tertiary/aromatic N) is 1. The Kier molecular flexibility index (Phi) is 38.4. The van der Waals surface area contributed by atoms with Gasteiger partial charge in [-0.15, -0.1) is 0 Å². The first kappa shape index (κ1) is 62.8. The standard InChI is InChI=1S/C51H92N4O13/c1-42-37-47(62)38-55(42)50(65)26-10-5-3-2-4-9-25-49(64)54-51(40-67-35-28-46(61)21-11-15-30-52,39-66-34-27-45(60)20-8-6-7-19-43(58)23-13-17-32-56)41-68-36-29-48(63)53-31-16-12-22-44(59)24-14-18-33-57/h42,47,56-57,62H,2-41,52H2,1H3,(H,53,63)(H,54,64)/t42-,47-,51?/m1/s1. The fraction of sp³-hybridized carbons (Fsp3) is 0.863. The van der Waals surface area contributed by atoms with Gasteiger partial charge in [0.1, 0.15) is 28.7 Å². The van der Waals surface area contributed by atoms with Crippen LogP contribution >= 0.6 is 0 Å². The molecule has 7 N–H and O–H groups in total. The zero-order valence-electron chi connectivity index (χ0n) is 41.9. The van der Waals surface area contributed by atoms with Crippen molar-refractivity contribution in [1.82, 2.24) is 15.5 Å². The number of Topliss-reactive ketones (excluding diaryl/α,β-unsaturated/α-hetero) is 4. The zero-order valence-corrected chi connectivity index (χ0v) is 41.9. The van der Waals surface area contributed by atoms with Crippen LogP contribution < -0.4 is 16.4 Å². The van der Waals surface area contributed by atoms with Gasteiger partial charge in [-0.25, -0.2) is 0 Å². The van der Waals surface area contributed by atoms with E-state index in [4.69, 9.17) is 30.2 Å². The summed E-state index contributed by atoms with van der Waals surface area (Å²) in [6.45, 7) is 3.57. The van der Waals surface area contributed by atoms with Crippen molar-refractivity contribution in [3.63, 3.8) is 0 Å². The first-order chi connectivity index (χ1) is 32.8. The zero-order chi connectivity index (χ0) is 50.1. The highest BCUT2D eigenvalue weighted by atomic mass is 16.5. The second-order valence-corrected chi connectivity index (χ2v) is 18.8. The topological polar surface area (TPSA) is 261 Å². The monoisotopic (exact) mass is 969 g/mol. The first-order valence-corrected chi connectivity index (χ1v) is 26.1. The molecule has 1 aliphatic heterocycles. The molecular weight excluding hydrogens is 877 g/mol. The van der Waals surface area contributed by atoms with Crippen molar-refractivity contribution in [3.05, 3.63) is 0 Å². The van der Waals surface area contributed by atoms with Crippen LogP contribution in [0.1, 0.15) is 193 Å². The molecule has 394 valence electrons. The van der Waals surface area contributed by atoms with Crippen LogP contribution in [0.3, 0.4) is 0 Å². The van der Waals surface area contributed by atoms with Crippen molar-refractivity contribution in [2.45, 2.75) is 211 Å². The highest BCUT2D eigenvalue weighted by Gasteiger charge is 2.34. The number of amides is 3. The van der Waals surface area contributed by atoms with Crippen molar-refractivity contribution in [3.8, 4) is 0 Å². The predicted octanol–water partition coefficient (Wildman–Crippen LogP) is 5.13. The predicted molar refractivity (Wildman–Crippen MR) is 261 cm³/mol. The van der Waals surface area contributed by atoms with Crippen LogP contribution in [0.15, 0.2) is 0 Å². The number of unbranched alkanes of at least 4 members (excludes halogenated alkanes) is 11. The Labute approximate surface area is 407 Å². The van der Waals surface area contributed by atoms with Crippen molar-refractivity contribution >= 4 is 40.9 Å². The average molecular weight is 969 g/mol. The molecule has 0 aromatic heterocycles. The smallest absolute Gasteiger partial charge is 0.222 e. The first-order valence-electron chi connectivity index (χ1n) is 26.1. The summed E-state index contributed by atoms with van der Waals surface area (Å²) in [4.78, 5) is 89.9. The Morgan fingerprint density at radius 3 is 1.43 bits per heavy atom. The van der Waals surface area contributed by atoms with Crippen molar-refractivity contribution in [2.24, 2.45) is 5.73 Å². The molecule has 1 fully saturated rings. The molecule has 0 aromatic rings. The number of hydrogen-bond donors (Lipinski definition) is 6. The van der Waals surface area contributed by atoms with E-state index in [9.17, 15) is 38.7 Å². The molecule has 1 heterocycles. The fourth-order valence-electron chi connectivity index (χ4n) is 8.11. The molecule has 17 heteroatoms. The number of β-amino-alcohol motifs (C(OH)–C–C–N with tert-alkyl or cyclic N) is 1. The minimum Gasteiger partial charge on any atom is -0.396 e. The molecule has 68 heavy (non-hydrogen) atoms. The normalized spacial score (nSPS) is 15.6. The van der Waals surface area contributed by atoms with Gasteiger partial charge in [-0.2, -0.15) is 0 Å². The summed E-state index contributed by atoms with van der Waals surface area (Å²) >= 11 is 0. The Balaban J connectivity index is 2.82. The van der Waals surface area contributed by atoms with Gasteiger partial charge in [-0.05, 0) is 96.9 Å². The summed E-state index contributed by atoms with van der Waals surface area (Å²) in [6, 6.07) is 0.0636. The third-order valence-corrected chi connectivity index (χ3v) is 12.2. The molecule has 0 saturated carbocycles. The molecule has 1 aliphatic rings. The van der Waals surface area contributed by atoms with E-state index in [1.165, 1.54) is 0 Å². The van der Waals surface area contributed by atoms with E-state index in [0.717, 1.165) is 44.9 Å². The Morgan fingerprint density at radius 1 is 0.529 bits per heavy atom. The average Bonchev–Trinajstić information content (AvgIpc) is 3.66. The van der Waals surface area contributed by atoms with E-state index < -0.39 is 11.6 Å². The molecule has 3 atom stereocenters. The van der Waals surface area contributed by atoms with Gasteiger partial charge in [0.15, 0.2) is 0 Å². The lowest BCUT2D eigenvalue weighted by molar-refractivity contribution is -0.132. The highest BCUT2D eigenvalue weighted by molar-refractivity contribution is 5.80. The van der Waals surface area contributed by atoms with Crippen LogP contribution in [0, 0.1) is 0 Å². The van der Waals surface area contributed by atoms with Gasteiger partial charge in [0.25, 0.3) is 0 Å². The van der Waals surface area contributed by atoms with E-state index >= 15 is 0 Å². The maximum atomic E-state index is 13.6. The van der Waals surface area contributed by atoms with Gasteiger partial charge in [0.05, 0.1) is 45.7 Å². The van der Waals surface area contributed by atoms with Crippen molar-refractivity contribution < 1.29 is 63.1 Å². The number of carbonyl (C=O) groups excluding carboxylic acids is 7. The molecule has 3 amide bonds. The second kappa shape index (κ2) is 41.6. The molecule has 0 aliphatic carbocycles. The second-order valence-electron chi connectivity index (χ2n) is 18.8. The van der Waals surface area contributed by atoms with E-state index in [1.807, 2.05) is 6.92 Å². The van der Waals surface area contributed by atoms with Crippen LogP contribution in [0.4, 0.5) is 0 Å². The molecule has 0 radical (unpaired) electrons. The van der Waals surface area contributed by atoms with Gasteiger partial charge in [0.2, 0.25) is 17.7 Å². The lowest BCUT2D eigenvalue weighted by Gasteiger charge is -2.34. The minimum absolute atomic E-state index is 0.0258. The lowest BCUT2D eigenvalue weighted by atomic mass is 10.0. The minimum atomic E-state index is -1.19. The molecule has 0 aromatic carbocycles. The number of nitrogens with one attached hydrogen (secondary N) is 2. The quantitative estimate of drug-likeness (QED) is 0.0432. The summed E-state index contributed by atoms with van der Waals surface area (Å²) < 4.78 is 18.1. The van der Waals surface area contributed by atoms with E-state index in [-0.39, 0.29) is 125 Å². The fourth-order valence-corrected chi connectivity index (χ4v) is 8.11. The number of rotatable bonds is 48. The summed E-state index contributed by atoms with van der Waals surface area (Å²) in [6.07, 6.45) is 16.3. The number of ether oxygens (including phenoxy) is 3. The molecule has 1 rings (SSSR count). The molecular formula is C51H92N4O13. The number of nitrogens with two attached hydrogens (primary N) is 1. The summed E-state index contributed by atoms with van der Waals surface area (Å²) in [7, 11) is 0. The van der Waals surface area contributed by atoms with Gasteiger partial charge >= 0.3 is 0 Å². The molecule has 1 saturated heterocycles. The van der Waals surface area contributed by atoms with Crippen molar-refractivity contribution in [2.75, 3.05) is 72.5 Å². The van der Waals surface area contributed by atoms with E-state index in [0.29, 0.717) is 135 Å². The Bertz CT molecular complexity index is 1350. The van der Waals surface area contributed by atoms with Gasteiger partial charge < -0.3 is 50.8 Å². The molecule has 0 bridgehead atoms. The van der Waals surface area contributed by atoms with E-state index in [2.05, 4.69) is 10.6 Å². The number of ketones is 4. The van der Waals surface area contributed by atoms with Gasteiger partial charge in [-0.1, -0.05) is 32.1 Å². The van der Waals surface area contributed by atoms with E-state index in [1.54, 1.807) is 4.90 Å². The molecule has 17 nitrogen and oxygen atoms in total. The molecule has 0 spiro atoms. The van der Waals surface area contributed by atoms with Gasteiger partial charge in [0, 0.05) is 103 Å². The molecule has 1 unspecified atom stereocenters. The Morgan fingerprint density at radius 2 is 0.941 bits per heavy atom. The highest BCUT2D eigenvalue weighted by Crippen LogP contribution is 2.20. The number of likely N-dealkylation sites (tertiary alicyclic amines) is 1. The Hall–Kier alpha value is -3.19. The van der Waals surface area contributed by atoms with Crippen LogP contribution in [-0.2, 0) is 47.8 Å². The maximum absolute atomic E-state index is 13.6. The lowest BCUT2D eigenvalue weighted by Crippen LogP contribution is -2.58. The summed E-state index contributed by atoms with van der Waals surface area (Å²) in [5.74, 6) is 0.0304. The van der Waals surface area contributed by atoms with Gasteiger partial charge in [-0.3, -0.25) is 33.6 Å². The van der Waals surface area contributed by atoms with Crippen LogP contribution in [0.2, 0.25) is 0 Å². The van der Waals surface area contributed by atoms with Crippen molar-refractivity contribution in [1.29, 1.82) is 0 Å².